The molecular weight excluding hydrogens is 614 g/mol. The number of hydrogen-bond donors (Lipinski definition) is 2. The predicted molar refractivity (Wildman–Crippen MR) is 183 cm³/mol. The quantitative estimate of drug-likeness (QED) is 0.140. The molecule has 0 saturated carbocycles. The van der Waals surface area contributed by atoms with Crippen molar-refractivity contribution in [2.75, 3.05) is 0 Å². The first-order valence-corrected chi connectivity index (χ1v) is 16.1. The van der Waals surface area contributed by atoms with Gasteiger partial charge in [-0.15, -0.1) is 11.3 Å². The van der Waals surface area contributed by atoms with E-state index >= 15 is 0 Å². The Labute approximate surface area is 277 Å². The van der Waals surface area contributed by atoms with Crippen LogP contribution in [0, 0.1) is 11.7 Å². The first-order chi connectivity index (χ1) is 22.4. The first kappa shape index (κ1) is 33.3. The number of hydrogen-bond acceptors (Lipinski definition) is 6. The van der Waals surface area contributed by atoms with Crippen molar-refractivity contribution < 1.29 is 23.9 Å². The van der Waals surface area contributed by atoms with Gasteiger partial charge in [0.15, 0.2) is 11.6 Å². The number of Topliss-reactive ketones (excluding diaryl/α,β-unsaturated/α-hetero) is 1. The predicted octanol–water partition coefficient (Wildman–Crippen LogP) is 8.00. The number of rotatable bonds is 11. The van der Waals surface area contributed by atoms with E-state index in [1.165, 1.54) is 24.3 Å². The Hall–Kier alpha value is -5.02. The molecule has 47 heavy (non-hydrogen) atoms. The van der Waals surface area contributed by atoms with Gasteiger partial charge >= 0.3 is 5.97 Å². The van der Waals surface area contributed by atoms with E-state index in [0.29, 0.717) is 27.4 Å². The van der Waals surface area contributed by atoms with Gasteiger partial charge in [0.2, 0.25) is 5.91 Å². The molecular formula is C38H36FN3O4S. The summed E-state index contributed by atoms with van der Waals surface area (Å²) in [5.41, 5.74) is 4.11. The van der Waals surface area contributed by atoms with E-state index in [1.807, 2.05) is 66.7 Å². The Bertz CT molecular complexity index is 1880. The number of thiophene rings is 1. The molecule has 0 spiro atoms. The van der Waals surface area contributed by atoms with Crippen LogP contribution in [-0.4, -0.2) is 38.8 Å². The monoisotopic (exact) mass is 649 g/mol. The molecule has 0 fully saturated rings. The summed E-state index contributed by atoms with van der Waals surface area (Å²) < 4.78 is 14.9. The van der Waals surface area contributed by atoms with Crippen LogP contribution >= 0.6 is 11.3 Å². The van der Waals surface area contributed by atoms with E-state index in [-0.39, 0.29) is 29.9 Å². The maximum atomic E-state index is 14.9. The van der Waals surface area contributed by atoms with E-state index < -0.39 is 23.8 Å². The van der Waals surface area contributed by atoms with E-state index in [2.05, 4.69) is 36.1 Å². The van der Waals surface area contributed by atoms with Crippen molar-refractivity contribution in [1.29, 1.82) is 0 Å². The highest BCUT2D eigenvalue weighted by Crippen LogP contribution is 2.31. The van der Waals surface area contributed by atoms with Gasteiger partial charge in [0, 0.05) is 46.3 Å². The van der Waals surface area contributed by atoms with Crippen LogP contribution in [0.2, 0.25) is 0 Å². The highest BCUT2D eigenvalue weighted by molar-refractivity contribution is 7.14. The molecule has 0 saturated heterocycles. The van der Waals surface area contributed by atoms with Crippen LogP contribution in [0.5, 0.6) is 0 Å². The number of carboxylic acid groups (broad SMARTS) is 1. The Morgan fingerprint density at radius 2 is 1.51 bits per heavy atom. The topological polar surface area (TPSA) is 109 Å². The zero-order chi connectivity index (χ0) is 33.7. The zero-order valence-electron chi connectivity index (χ0n) is 26.7. The van der Waals surface area contributed by atoms with Gasteiger partial charge in [-0.3, -0.25) is 14.4 Å². The van der Waals surface area contributed by atoms with E-state index in [1.54, 1.807) is 24.5 Å². The minimum atomic E-state index is -1.15. The maximum absolute atomic E-state index is 14.9. The highest BCUT2D eigenvalue weighted by Gasteiger charge is 2.27. The minimum Gasteiger partial charge on any atom is -0.480 e. The lowest BCUT2D eigenvalue weighted by molar-refractivity contribution is -0.141. The number of halogens is 1. The van der Waals surface area contributed by atoms with Gasteiger partial charge in [-0.1, -0.05) is 87.5 Å². The number of nitrogens with one attached hydrogen (secondary N) is 1. The highest BCUT2D eigenvalue weighted by atomic mass is 32.1. The number of amides is 1. The second-order valence-corrected chi connectivity index (χ2v) is 13.6. The molecule has 240 valence electrons. The number of carboxylic acids is 1. The Balaban J connectivity index is 1.30. The third kappa shape index (κ3) is 8.23. The molecule has 5 rings (SSSR count). The van der Waals surface area contributed by atoms with Crippen molar-refractivity contribution in [1.82, 2.24) is 15.3 Å². The van der Waals surface area contributed by atoms with Crippen molar-refractivity contribution in [3.8, 4) is 33.6 Å². The summed E-state index contributed by atoms with van der Waals surface area (Å²) in [4.78, 5) is 48.5. The summed E-state index contributed by atoms with van der Waals surface area (Å²) in [6.07, 6.45) is 3.49. The normalized spacial score (nSPS) is 12.7. The van der Waals surface area contributed by atoms with Gasteiger partial charge in [0.05, 0.1) is 4.88 Å². The van der Waals surface area contributed by atoms with Crippen LogP contribution in [0.25, 0.3) is 33.6 Å². The molecule has 1 amide bonds. The number of carbonyl (C=O) groups excluding carboxylic acids is 2. The average Bonchev–Trinajstić information content (AvgIpc) is 3.57. The molecule has 7 nitrogen and oxygen atoms in total. The Morgan fingerprint density at radius 1 is 0.851 bits per heavy atom. The largest absolute Gasteiger partial charge is 0.480 e. The third-order valence-electron chi connectivity index (χ3n) is 7.89. The van der Waals surface area contributed by atoms with Crippen molar-refractivity contribution in [3.63, 3.8) is 0 Å². The van der Waals surface area contributed by atoms with E-state index in [4.69, 9.17) is 0 Å². The summed E-state index contributed by atoms with van der Waals surface area (Å²) in [7, 11) is 0. The summed E-state index contributed by atoms with van der Waals surface area (Å²) in [6.45, 7) is 7.62. The fraction of sp³-hybridized carbons (Fsp3) is 0.237. The average molecular weight is 650 g/mol. The SMILES string of the molecule is C[C@@H](NC(=O)[C@@H](CC(=O)c1ccc(C(C)(C)C)s1)Cc1ccc(-c2ncc(-c3ccc(-c4ccccc4)c(F)c3)cn2)cc1)C(=O)O. The first-order valence-electron chi connectivity index (χ1n) is 15.3. The number of nitrogens with zero attached hydrogens (tertiary/aromatic N) is 2. The van der Waals surface area contributed by atoms with E-state index in [9.17, 15) is 23.9 Å². The molecule has 3 aromatic carbocycles. The molecule has 0 bridgehead atoms. The van der Waals surface area contributed by atoms with Gasteiger partial charge in [0.1, 0.15) is 11.9 Å². The maximum Gasteiger partial charge on any atom is 0.325 e. The smallest absolute Gasteiger partial charge is 0.325 e. The van der Waals surface area contributed by atoms with Crippen LogP contribution in [0.1, 0.15) is 54.2 Å². The number of aliphatic carboxylic acids is 1. The summed E-state index contributed by atoms with van der Waals surface area (Å²) in [5, 5.41) is 11.8. The Kier molecular flexibility index (Phi) is 10.1. The standard InChI is InChI=1S/C38H36FN3O4S/c1-23(37(45)46)42-36(44)28(20-32(43)33-16-17-34(47-33)38(2,3)4)18-24-10-12-26(13-11-24)35-40-21-29(22-41-35)27-14-15-30(31(39)19-27)25-8-6-5-7-9-25/h5-17,19,21-23,28H,18,20H2,1-4H3,(H,42,44)(H,45,46)/t23-,28-/m1/s1. The molecule has 0 unspecified atom stereocenters. The number of ketones is 1. The van der Waals surface area contributed by atoms with Gasteiger partial charge in [-0.05, 0) is 53.6 Å². The molecule has 0 aliphatic carbocycles. The van der Waals surface area contributed by atoms with Crippen molar-refractivity contribution >= 4 is 29.0 Å². The van der Waals surface area contributed by atoms with Gasteiger partial charge in [0.25, 0.3) is 0 Å². The van der Waals surface area contributed by atoms with Crippen LogP contribution in [0.3, 0.4) is 0 Å². The number of benzene rings is 3. The molecule has 2 heterocycles. The lowest BCUT2D eigenvalue weighted by Gasteiger charge is -2.18. The van der Waals surface area contributed by atoms with Crippen LogP contribution < -0.4 is 5.32 Å². The van der Waals surface area contributed by atoms with Gasteiger partial charge in [-0.25, -0.2) is 14.4 Å². The van der Waals surface area contributed by atoms with Crippen LogP contribution in [0.15, 0.2) is 97.3 Å². The molecule has 2 atom stereocenters. The minimum absolute atomic E-state index is 0.0541. The lowest BCUT2D eigenvalue weighted by atomic mass is 9.92. The molecule has 0 aliphatic rings. The summed E-state index contributed by atoms with van der Waals surface area (Å²) >= 11 is 1.42. The number of aromatic nitrogens is 2. The van der Waals surface area contributed by atoms with Crippen molar-refractivity contribution in [2.24, 2.45) is 5.92 Å². The van der Waals surface area contributed by atoms with Gasteiger partial charge in [-0.2, -0.15) is 0 Å². The lowest BCUT2D eigenvalue weighted by Crippen LogP contribution is -2.42. The number of carbonyl (C=O) groups is 3. The Morgan fingerprint density at radius 3 is 2.11 bits per heavy atom. The summed E-state index contributed by atoms with van der Waals surface area (Å²) in [5.74, 6) is -2.41. The van der Waals surface area contributed by atoms with Crippen LogP contribution in [-0.2, 0) is 21.4 Å². The molecule has 0 aliphatic heterocycles. The van der Waals surface area contributed by atoms with Gasteiger partial charge < -0.3 is 10.4 Å². The molecule has 2 aromatic heterocycles. The third-order valence-corrected chi connectivity index (χ3v) is 9.44. The fourth-order valence-corrected chi connectivity index (χ4v) is 6.13. The summed E-state index contributed by atoms with van der Waals surface area (Å²) in [6, 6.07) is 24.4. The molecule has 9 heteroatoms. The fourth-order valence-electron chi connectivity index (χ4n) is 5.11. The molecule has 0 radical (unpaired) electrons. The zero-order valence-corrected chi connectivity index (χ0v) is 27.5. The molecule has 2 N–H and O–H groups in total. The second-order valence-electron chi connectivity index (χ2n) is 12.6. The van der Waals surface area contributed by atoms with E-state index in [0.717, 1.165) is 21.6 Å². The second kappa shape index (κ2) is 14.2. The van der Waals surface area contributed by atoms with Crippen molar-refractivity contribution in [3.05, 3.63) is 118 Å². The van der Waals surface area contributed by atoms with Crippen LogP contribution in [0.4, 0.5) is 4.39 Å². The molecule has 5 aromatic rings. The van der Waals surface area contributed by atoms with Crippen molar-refractivity contribution in [2.45, 2.75) is 52.0 Å².